The summed E-state index contributed by atoms with van der Waals surface area (Å²) in [5, 5.41) is 0.701. The molecular weight excluding hydrogens is 286 g/mol. The molecule has 0 aliphatic heterocycles. The predicted octanol–water partition coefficient (Wildman–Crippen LogP) is 4.21. The summed E-state index contributed by atoms with van der Waals surface area (Å²) in [5.74, 6) is 1.62. The second kappa shape index (κ2) is 7.91. The van der Waals surface area contributed by atoms with Crippen LogP contribution in [0.1, 0.15) is 25.0 Å². The molecule has 0 radical (unpaired) electrons. The van der Waals surface area contributed by atoms with Crippen LogP contribution in [0.3, 0.4) is 0 Å². The van der Waals surface area contributed by atoms with Gasteiger partial charge in [0.25, 0.3) is 0 Å². The first-order valence-corrected chi connectivity index (χ1v) is 7.45. The molecule has 0 spiro atoms. The first kappa shape index (κ1) is 15.7. The van der Waals surface area contributed by atoms with E-state index in [2.05, 4.69) is 6.92 Å². The predicted molar refractivity (Wildman–Crippen MR) is 86.1 cm³/mol. The number of halogens is 1. The van der Waals surface area contributed by atoms with Gasteiger partial charge in [0, 0.05) is 11.6 Å². The fourth-order valence-corrected chi connectivity index (χ4v) is 2.05. The molecule has 2 rings (SSSR count). The lowest BCUT2D eigenvalue weighted by Gasteiger charge is -2.18. The summed E-state index contributed by atoms with van der Waals surface area (Å²) in [7, 11) is 0. The van der Waals surface area contributed by atoms with E-state index in [9.17, 15) is 0 Å². The molecule has 0 amide bonds. The standard InChI is InChI=1S/C17H20ClNO2/c1-2-11-20-15-7-9-16(10-8-15)21-17(12-19)13-3-5-14(18)6-4-13/h3-10,17H,2,11-12,19H2,1H3. The summed E-state index contributed by atoms with van der Waals surface area (Å²) in [5.41, 5.74) is 6.81. The van der Waals surface area contributed by atoms with Crippen molar-refractivity contribution in [2.24, 2.45) is 5.73 Å². The van der Waals surface area contributed by atoms with Gasteiger partial charge in [0.2, 0.25) is 0 Å². The Morgan fingerprint density at radius 1 is 1.00 bits per heavy atom. The summed E-state index contributed by atoms with van der Waals surface area (Å²) in [6, 6.07) is 15.1. The molecule has 0 saturated carbocycles. The Balaban J connectivity index is 2.02. The average molecular weight is 306 g/mol. The first-order valence-electron chi connectivity index (χ1n) is 7.08. The van der Waals surface area contributed by atoms with Gasteiger partial charge in [-0.05, 0) is 48.4 Å². The van der Waals surface area contributed by atoms with Gasteiger partial charge in [-0.25, -0.2) is 0 Å². The van der Waals surface area contributed by atoms with Gasteiger partial charge in [0.05, 0.1) is 6.61 Å². The van der Waals surface area contributed by atoms with Crippen LogP contribution in [-0.2, 0) is 0 Å². The number of rotatable bonds is 7. The number of nitrogens with two attached hydrogens (primary N) is 1. The molecule has 0 fully saturated rings. The van der Waals surface area contributed by atoms with Crippen molar-refractivity contribution < 1.29 is 9.47 Å². The van der Waals surface area contributed by atoms with Gasteiger partial charge in [-0.15, -0.1) is 0 Å². The molecule has 0 heterocycles. The topological polar surface area (TPSA) is 44.5 Å². The van der Waals surface area contributed by atoms with Crippen LogP contribution in [0.15, 0.2) is 48.5 Å². The molecule has 0 aromatic heterocycles. The van der Waals surface area contributed by atoms with E-state index < -0.39 is 0 Å². The lowest BCUT2D eigenvalue weighted by molar-refractivity contribution is 0.214. The average Bonchev–Trinajstić information content (AvgIpc) is 2.53. The minimum Gasteiger partial charge on any atom is -0.494 e. The van der Waals surface area contributed by atoms with Crippen molar-refractivity contribution in [1.29, 1.82) is 0 Å². The van der Waals surface area contributed by atoms with Crippen LogP contribution in [0.4, 0.5) is 0 Å². The van der Waals surface area contributed by atoms with Crippen molar-refractivity contribution in [2.75, 3.05) is 13.2 Å². The molecule has 3 nitrogen and oxygen atoms in total. The van der Waals surface area contributed by atoms with Gasteiger partial charge >= 0.3 is 0 Å². The van der Waals surface area contributed by atoms with E-state index in [1.165, 1.54) is 0 Å². The fraction of sp³-hybridized carbons (Fsp3) is 0.294. The minimum absolute atomic E-state index is 0.190. The van der Waals surface area contributed by atoms with Crippen molar-refractivity contribution in [3.8, 4) is 11.5 Å². The second-order valence-corrected chi connectivity index (χ2v) is 5.15. The van der Waals surface area contributed by atoms with Gasteiger partial charge in [0.15, 0.2) is 0 Å². The minimum atomic E-state index is -0.190. The highest BCUT2D eigenvalue weighted by Crippen LogP contribution is 2.24. The maximum atomic E-state index is 5.93. The number of benzene rings is 2. The van der Waals surface area contributed by atoms with E-state index in [-0.39, 0.29) is 6.10 Å². The number of ether oxygens (including phenoxy) is 2. The molecule has 0 bridgehead atoms. The third-order valence-corrected chi connectivity index (χ3v) is 3.28. The molecule has 2 aromatic rings. The number of hydrogen-bond acceptors (Lipinski definition) is 3. The zero-order chi connectivity index (χ0) is 15.1. The maximum absolute atomic E-state index is 5.93. The molecule has 0 aliphatic carbocycles. The zero-order valence-corrected chi connectivity index (χ0v) is 12.8. The van der Waals surface area contributed by atoms with Crippen molar-refractivity contribution >= 4 is 11.6 Å². The fourth-order valence-electron chi connectivity index (χ4n) is 1.93. The molecular formula is C17H20ClNO2. The largest absolute Gasteiger partial charge is 0.494 e. The van der Waals surface area contributed by atoms with E-state index in [0.717, 1.165) is 30.1 Å². The quantitative estimate of drug-likeness (QED) is 0.833. The summed E-state index contributed by atoms with van der Waals surface area (Å²) in [6.07, 6.45) is 0.800. The molecule has 4 heteroatoms. The van der Waals surface area contributed by atoms with Crippen LogP contribution < -0.4 is 15.2 Å². The Morgan fingerprint density at radius 3 is 2.19 bits per heavy atom. The number of hydrogen-bond donors (Lipinski definition) is 1. The maximum Gasteiger partial charge on any atom is 0.136 e. The van der Waals surface area contributed by atoms with Crippen LogP contribution >= 0.6 is 11.6 Å². The lowest BCUT2D eigenvalue weighted by atomic mass is 10.1. The van der Waals surface area contributed by atoms with Crippen LogP contribution in [0.2, 0.25) is 5.02 Å². The Bertz CT molecular complexity index is 540. The highest BCUT2D eigenvalue weighted by Gasteiger charge is 2.11. The highest BCUT2D eigenvalue weighted by atomic mass is 35.5. The normalized spacial score (nSPS) is 12.0. The molecule has 0 aliphatic rings. The molecule has 1 atom stereocenters. The Morgan fingerprint density at radius 2 is 1.62 bits per heavy atom. The van der Waals surface area contributed by atoms with E-state index in [1.807, 2.05) is 48.5 Å². The van der Waals surface area contributed by atoms with Crippen molar-refractivity contribution in [1.82, 2.24) is 0 Å². The molecule has 0 saturated heterocycles. The van der Waals surface area contributed by atoms with E-state index in [1.54, 1.807) is 0 Å². The van der Waals surface area contributed by atoms with Crippen molar-refractivity contribution in [3.63, 3.8) is 0 Å². The van der Waals surface area contributed by atoms with Gasteiger partial charge in [-0.3, -0.25) is 0 Å². The SMILES string of the molecule is CCCOc1ccc(OC(CN)c2ccc(Cl)cc2)cc1. The van der Waals surface area contributed by atoms with Gasteiger partial charge < -0.3 is 15.2 Å². The van der Waals surface area contributed by atoms with Crippen LogP contribution in [0.5, 0.6) is 11.5 Å². The summed E-state index contributed by atoms with van der Waals surface area (Å²) in [6.45, 7) is 3.20. The first-order chi connectivity index (χ1) is 10.2. The Hall–Kier alpha value is -1.71. The zero-order valence-electron chi connectivity index (χ0n) is 12.1. The van der Waals surface area contributed by atoms with Gasteiger partial charge in [-0.1, -0.05) is 30.7 Å². The Labute approximate surface area is 130 Å². The van der Waals surface area contributed by atoms with Crippen LogP contribution in [0, 0.1) is 0 Å². The molecule has 112 valence electrons. The van der Waals surface area contributed by atoms with Crippen molar-refractivity contribution in [3.05, 3.63) is 59.1 Å². The molecule has 2 aromatic carbocycles. The van der Waals surface area contributed by atoms with E-state index in [4.69, 9.17) is 26.8 Å². The smallest absolute Gasteiger partial charge is 0.136 e. The van der Waals surface area contributed by atoms with E-state index in [0.29, 0.717) is 11.6 Å². The van der Waals surface area contributed by atoms with Crippen molar-refractivity contribution in [2.45, 2.75) is 19.4 Å². The monoisotopic (exact) mass is 305 g/mol. The molecule has 21 heavy (non-hydrogen) atoms. The molecule has 2 N–H and O–H groups in total. The van der Waals surface area contributed by atoms with E-state index >= 15 is 0 Å². The van der Waals surface area contributed by atoms with Gasteiger partial charge in [-0.2, -0.15) is 0 Å². The summed E-state index contributed by atoms with van der Waals surface area (Å²) >= 11 is 5.89. The Kier molecular flexibility index (Phi) is 5.90. The summed E-state index contributed by atoms with van der Waals surface area (Å²) in [4.78, 5) is 0. The third kappa shape index (κ3) is 4.66. The second-order valence-electron chi connectivity index (χ2n) is 4.71. The van der Waals surface area contributed by atoms with Crippen LogP contribution in [-0.4, -0.2) is 13.2 Å². The molecule has 1 unspecified atom stereocenters. The lowest BCUT2D eigenvalue weighted by Crippen LogP contribution is -2.18. The highest BCUT2D eigenvalue weighted by molar-refractivity contribution is 6.30. The van der Waals surface area contributed by atoms with Gasteiger partial charge in [0.1, 0.15) is 17.6 Å². The third-order valence-electron chi connectivity index (χ3n) is 3.03. The summed E-state index contributed by atoms with van der Waals surface area (Å²) < 4.78 is 11.5. The van der Waals surface area contributed by atoms with Crippen LogP contribution in [0.25, 0.3) is 0 Å².